The summed E-state index contributed by atoms with van der Waals surface area (Å²) in [7, 11) is -3.02. The van der Waals surface area contributed by atoms with Crippen LogP contribution in [0.15, 0.2) is 18.2 Å². The van der Waals surface area contributed by atoms with E-state index in [1.54, 1.807) is 4.31 Å². The van der Waals surface area contributed by atoms with Crippen molar-refractivity contribution in [2.45, 2.75) is 24.6 Å². The highest BCUT2D eigenvalue weighted by molar-refractivity contribution is 7.90. The third kappa shape index (κ3) is 2.68. The van der Waals surface area contributed by atoms with E-state index in [9.17, 15) is 8.42 Å². The number of nitrogens with zero attached hydrogens (tertiary/aromatic N) is 2. The fourth-order valence-electron chi connectivity index (χ4n) is 3.02. The van der Waals surface area contributed by atoms with Crippen LogP contribution in [0.4, 0.5) is 0 Å². The lowest BCUT2D eigenvalue weighted by Gasteiger charge is -2.34. The van der Waals surface area contributed by atoms with Gasteiger partial charge in [-0.3, -0.25) is 4.90 Å². The molecule has 1 aromatic carbocycles. The Labute approximate surface area is 130 Å². The molecule has 120 valence electrons. The number of hydrogen-bond acceptors (Lipinski definition) is 5. The monoisotopic (exact) mass is 324 g/mol. The van der Waals surface area contributed by atoms with Gasteiger partial charge in [0, 0.05) is 32.7 Å². The first kappa shape index (κ1) is 14.3. The van der Waals surface area contributed by atoms with Crippen LogP contribution in [0, 0.1) is 0 Å². The minimum atomic E-state index is -3.02. The van der Waals surface area contributed by atoms with E-state index >= 15 is 0 Å². The lowest BCUT2D eigenvalue weighted by Crippen LogP contribution is -2.49. The number of sulfonamides is 1. The summed E-state index contributed by atoms with van der Waals surface area (Å²) in [6, 6.07) is 5.99. The Balaban J connectivity index is 1.36. The Morgan fingerprint density at radius 3 is 2.50 bits per heavy atom. The first-order chi connectivity index (χ1) is 10.6. The van der Waals surface area contributed by atoms with Crippen molar-refractivity contribution in [3.63, 3.8) is 0 Å². The maximum atomic E-state index is 12.2. The van der Waals surface area contributed by atoms with Crippen LogP contribution in [-0.2, 0) is 16.6 Å². The summed E-state index contributed by atoms with van der Waals surface area (Å²) in [4.78, 5) is 2.29. The molecule has 0 aromatic heterocycles. The molecule has 0 spiro atoms. The normalized spacial score (nSPS) is 22.9. The van der Waals surface area contributed by atoms with E-state index in [4.69, 9.17) is 9.47 Å². The van der Waals surface area contributed by atoms with Crippen LogP contribution in [0.25, 0.3) is 0 Å². The number of piperazine rings is 1. The molecule has 7 heteroatoms. The Morgan fingerprint density at radius 2 is 1.77 bits per heavy atom. The summed E-state index contributed by atoms with van der Waals surface area (Å²) in [6.07, 6.45) is 1.67. The van der Waals surface area contributed by atoms with Crippen LogP contribution in [0.5, 0.6) is 11.5 Å². The zero-order chi connectivity index (χ0) is 15.2. The Kier molecular flexibility index (Phi) is 3.51. The second-order valence-electron chi connectivity index (χ2n) is 6.11. The molecule has 1 aliphatic carbocycles. The molecule has 22 heavy (non-hydrogen) atoms. The van der Waals surface area contributed by atoms with Crippen LogP contribution in [0.1, 0.15) is 18.4 Å². The summed E-state index contributed by atoms with van der Waals surface area (Å²) in [6.45, 7) is 3.86. The van der Waals surface area contributed by atoms with Gasteiger partial charge < -0.3 is 9.47 Å². The van der Waals surface area contributed by atoms with Crippen LogP contribution in [0.3, 0.4) is 0 Å². The molecule has 0 atom stereocenters. The maximum Gasteiger partial charge on any atom is 0.231 e. The predicted octanol–water partition coefficient (Wildman–Crippen LogP) is 1.03. The number of fused-ring (bicyclic) bond motifs is 1. The molecule has 0 N–H and O–H groups in total. The van der Waals surface area contributed by atoms with Crippen LogP contribution in [-0.4, -0.2) is 55.8 Å². The molecule has 3 aliphatic rings. The minimum Gasteiger partial charge on any atom is -0.454 e. The van der Waals surface area contributed by atoms with E-state index in [2.05, 4.69) is 4.90 Å². The molecule has 0 amide bonds. The van der Waals surface area contributed by atoms with Crippen molar-refractivity contribution in [2.75, 3.05) is 33.0 Å². The van der Waals surface area contributed by atoms with Gasteiger partial charge in [0.05, 0.1) is 5.25 Å². The van der Waals surface area contributed by atoms with Crippen molar-refractivity contribution in [1.82, 2.24) is 9.21 Å². The molecular formula is C15H20N2O4S. The van der Waals surface area contributed by atoms with Crippen molar-refractivity contribution in [3.8, 4) is 11.5 Å². The third-order valence-corrected chi connectivity index (χ3v) is 6.88. The van der Waals surface area contributed by atoms with Gasteiger partial charge in [0.1, 0.15) is 0 Å². The maximum absolute atomic E-state index is 12.2. The van der Waals surface area contributed by atoms with E-state index in [1.165, 1.54) is 5.56 Å². The first-order valence-corrected chi connectivity index (χ1v) is 9.23. The minimum absolute atomic E-state index is 0.104. The van der Waals surface area contributed by atoms with Crippen molar-refractivity contribution in [2.24, 2.45) is 0 Å². The summed E-state index contributed by atoms with van der Waals surface area (Å²) in [5.74, 6) is 1.59. The summed E-state index contributed by atoms with van der Waals surface area (Å²) in [5.41, 5.74) is 1.17. The smallest absolute Gasteiger partial charge is 0.231 e. The Morgan fingerprint density at radius 1 is 1.05 bits per heavy atom. The number of hydrogen-bond donors (Lipinski definition) is 0. The van der Waals surface area contributed by atoms with Gasteiger partial charge in [0.2, 0.25) is 16.8 Å². The van der Waals surface area contributed by atoms with Gasteiger partial charge >= 0.3 is 0 Å². The van der Waals surface area contributed by atoms with Gasteiger partial charge in [-0.25, -0.2) is 8.42 Å². The Hall–Kier alpha value is -1.31. The Bertz CT molecular complexity index is 664. The SMILES string of the molecule is O=S(=O)(C1CC1)N1CCN(Cc2ccc3c(c2)OCO3)CC1. The molecule has 4 rings (SSSR count). The van der Waals surface area contributed by atoms with E-state index in [-0.39, 0.29) is 12.0 Å². The molecule has 6 nitrogen and oxygen atoms in total. The van der Waals surface area contributed by atoms with E-state index < -0.39 is 10.0 Å². The van der Waals surface area contributed by atoms with E-state index in [0.717, 1.165) is 44.0 Å². The van der Waals surface area contributed by atoms with E-state index in [0.29, 0.717) is 13.1 Å². The molecule has 2 aliphatic heterocycles. The summed E-state index contributed by atoms with van der Waals surface area (Å²) in [5, 5.41) is -0.104. The van der Waals surface area contributed by atoms with Crippen molar-refractivity contribution in [3.05, 3.63) is 23.8 Å². The third-order valence-electron chi connectivity index (χ3n) is 4.48. The highest BCUT2D eigenvalue weighted by Crippen LogP contribution is 2.33. The molecule has 0 unspecified atom stereocenters. The average molecular weight is 324 g/mol. The van der Waals surface area contributed by atoms with Crippen LogP contribution < -0.4 is 9.47 Å². The predicted molar refractivity (Wildman–Crippen MR) is 81.4 cm³/mol. The standard InChI is InChI=1S/C15H20N2O4S/c18-22(19,13-2-3-13)17-7-5-16(6-8-17)10-12-1-4-14-15(9-12)21-11-20-14/h1,4,9,13H,2-3,5-8,10-11H2. The van der Waals surface area contributed by atoms with Crippen molar-refractivity contribution in [1.29, 1.82) is 0 Å². The topological polar surface area (TPSA) is 59.1 Å². The van der Waals surface area contributed by atoms with Gasteiger partial charge in [-0.05, 0) is 30.5 Å². The molecular weight excluding hydrogens is 304 g/mol. The largest absolute Gasteiger partial charge is 0.454 e. The number of benzene rings is 1. The molecule has 2 heterocycles. The van der Waals surface area contributed by atoms with Gasteiger partial charge in [0.15, 0.2) is 11.5 Å². The lowest BCUT2D eigenvalue weighted by atomic mass is 10.2. The van der Waals surface area contributed by atoms with Gasteiger partial charge in [0.25, 0.3) is 0 Å². The lowest BCUT2D eigenvalue weighted by molar-refractivity contribution is 0.173. The fraction of sp³-hybridized carbons (Fsp3) is 0.600. The van der Waals surface area contributed by atoms with Crippen molar-refractivity contribution < 1.29 is 17.9 Å². The average Bonchev–Trinajstić information content (AvgIpc) is 3.28. The fourth-order valence-corrected chi connectivity index (χ4v) is 4.84. The van der Waals surface area contributed by atoms with Crippen LogP contribution >= 0.6 is 0 Å². The first-order valence-electron chi connectivity index (χ1n) is 7.73. The zero-order valence-electron chi connectivity index (χ0n) is 12.4. The molecule has 1 aromatic rings. The quantitative estimate of drug-likeness (QED) is 0.828. The van der Waals surface area contributed by atoms with Gasteiger partial charge in [-0.1, -0.05) is 6.07 Å². The molecule has 1 saturated carbocycles. The molecule has 1 saturated heterocycles. The molecule has 2 fully saturated rings. The summed E-state index contributed by atoms with van der Waals surface area (Å²) >= 11 is 0. The van der Waals surface area contributed by atoms with E-state index in [1.807, 2.05) is 18.2 Å². The second-order valence-corrected chi connectivity index (χ2v) is 8.32. The van der Waals surface area contributed by atoms with Crippen LogP contribution in [0.2, 0.25) is 0 Å². The highest BCUT2D eigenvalue weighted by atomic mass is 32.2. The highest BCUT2D eigenvalue weighted by Gasteiger charge is 2.40. The zero-order valence-corrected chi connectivity index (χ0v) is 13.2. The molecule has 0 bridgehead atoms. The summed E-state index contributed by atoms with van der Waals surface area (Å²) < 4.78 is 36.8. The van der Waals surface area contributed by atoms with Gasteiger partial charge in [-0.2, -0.15) is 4.31 Å². The van der Waals surface area contributed by atoms with Gasteiger partial charge in [-0.15, -0.1) is 0 Å². The molecule has 0 radical (unpaired) electrons. The second kappa shape index (κ2) is 5.40. The number of rotatable bonds is 4. The number of ether oxygens (including phenoxy) is 2. The van der Waals surface area contributed by atoms with Crippen molar-refractivity contribution >= 4 is 10.0 Å².